The number of aromatic amines is 1. The standard InChI is InChI=1S/C19H22N4O3/c1-11-6-18(23-22-11)20-17-8-13-7-15(24-2)16(25-3)9-14(13)19(21-17)26-10-12-4-5-12/h6-9,12H,4-5,10H2,1-3H3,(H2,20,21,22,23). The summed E-state index contributed by atoms with van der Waals surface area (Å²) in [4.78, 5) is 4.65. The van der Waals surface area contributed by atoms with Crippen LogP contribution in [-0.2, 0) is 0 Å². The molecule has 136 valence electrons. The molecule has 0 unspecified atom stereocenters. The molecular weight excluding hydrogens is 332 g/mol. The number of anilines is 2. The van der Waals surface area contributed by atoms with Crippen molar-refractivity contribution in [2.45, 2.75) is 19.8 Å². The second-order valence-electron chi connectivity index (χ2n) is 6.56. The van der Waals surface area contributed by atoms with Crippen LogP contribution >= 0.6 is 0 Å². The number of benzene rings is 1. The Kier molecular flexibility index (Phi) is 4.28. The van der Waals surface area contributed by atoms with Crippen molar-refractivity contribution in [1.82, 2.24) is 15.2 Å². The summed E-state index contributed by atoms with van der Waals surface area (Å²) in [5.41, 5.74) is 0.977. The van der Waals surface area contributed by atoms with E-state index in [1.807, 2.05) is 31.2 Å². The Morgan fingerprint density at radius 3 is 2.50 bits per heavy atom. The zero-order valence-electron chi connectivity index (χ0n) is 15.1. The molecule has 7 nitrogen and oxygen atoms in total. The lowest BCUT2D eigenvalue weighted by atomic mass is 10.1. The van der Waals surface area contributed by atoms with E-state index in [0.29, 0.717) is 41.5 Å². The van der Waals surface area contributed by atoms with Crippen LogP contribution in [-0.4, -0.2) is 36.0 Å². The predicted octanol–water partition coefficient (Wildman–Crippen LogP) is 3.82. The van der Waals surface area contributed by atoms with E-state index in [4.69, 9.17) is 14.2 Å². The third-order valence-electron chi connectivity index (χ3n) is 4.42. The molecular formula is C19H22N4O3. The van der Waals surface area contributed by atoms with Gasteiger partial charge in [-0.05, 0) is 49.3 Å². The summed E-state index contributed by atoms with van der Waals surface area (Å²) in [5.74, 6) is 3.93. The highest BCUT2D eigenvalue weighted by molar-refractivity contribution is 5.92. The van der Waals surface area contributed by atoms with Crippen molar-refractivity contribution < 1.29 is 14.2 Å². The molecule has 26 heavy (non-hydrogen) atoms. The van der Waals surface area contributed by atoms with Crippen molar-refractivity contribution >= 4 is 22.4 Å². The lowest BCUT2D eigenvalue weighted by Crippen LogP contribution is -2.04. The van der Waals surface area contributed by atoms with Gasteiger partial charge in [0.25, 0.3) is 0 Å². The first kappa shape index (κ1) is 16.5. The maximum atomic E-state index is 6.02. The van der Waals surface area contributed by atoms with Gasteiger partial charge in [-0.3, -0.25) is 5.10 Å². The largest absolute Gasteiger partial charge is 0.493 e. The minimum absolute atomic E-state index is 0.588. The Bertz CT molecular complexity index is 934. The van der Waals surface area contributed by atoms with Crippen molar-refractivity contribution in [2.75, 3.05) is 26.1 Å². The minimum atomic E-state index is 0.588. The summed E-state index contributed by atoms with van der Waals surface area (Å²) in [6, 6.07) is 7.71. The van der Waals surface area contributed by atoms with E-state index in [9.17, 15) is 0 Å². The van der Waals surface area contributed by atoms with Gasteiger partial charge in [0, 0.05) is 17.1 Å². The normalized spacial score (nSPS) is 13.7. The van der Waals surface area contributed by atoms with Gasteiger partial charge in [-0.1, -0.05) is 0 Å². The average molecular weight is 354 g/mol. The van der Waals surface area contributed by atoms with Crippen LogP contribution in [0, 0.1) is 12.8 Å². The molecule has 1 fully saturated rings. The molecule has 7 heteroatoms. The third-order valence-corrected chi connectivity index (χ3v) is 4.42. The molecule has 2 aromatic heterocycles. The van der Waals surface area contributed by atoms with E-state index in [1.54, 1.807) is 14.2 Å². The number of rotatable bonds is 7. The smallest absolute Gasteiger partial charge is 0.223 e. The zero-order chi connectivity index (χ0) is 18.1. The summed E-state index contributed by atoms with van der Waals surface area (Å²) in [6.07, 6.45) is 2.44. The number of fused-ring (bicyclic) bond motifs is 1. The Hall–Kier alpha value is -2.96. The van der Waals surface area contributed by atoms with Crippen molar-refractivity contribution in [3.05, 3.63) is 30.0 Å². The Morgan fingerprint density at radius 1 is 1.08 bits per heavy atom. The van der Waals surface area contributed by atoms with Crippen LogP contribution in [0.15, 0.2) is 24.3 Å². The molecule has 0 amide bonds. The predicted molar refractivity (Wildman–Crippen MR) is 99.7 cm³/mol. The highest BCUT2D eigenvalue weighted by Crippen LogP contribution is 2.38. The molecule has 1 aliphatic carbocycles. The van der Waals surface area contributed by atoms with Gasteiger partial charge >= 0.3 is 0 Å². The zero-order valence-corrected chi connectivity index (χ0v) is 15.1. The van der Waals surface area contributed by atoms with Gasteiger partial charge in [-0.15, -0.1) is 0 Å². The molecule has 0 aliphatic heterocycles. The number of methoxy groups -OCH3 is 2. The summed E-state index contributed by atoms with van der Waals surface area (Å²) < 4.78 is 16.9. The van der Waals surface area contributed by atoms with Crippen LogP contribution in [0.1, 0.15) is 18.5 Å². The molecule has 4 rings (SSSR count). The van der Waals surface area contributed by atoms with Crippen molar-refractivity contribution in [3.63, 3.8) is 0 Å². The highest BCUT2D eigenvalue weighted by Gasteiger charge is 2.23. The number of pyridine rings is 1. The van der Waals surface area contributed by atoms with Gasteiger partial charge in [0.2, 0.25) is 5.88 Å². The number of hydrogen-bond acceptors (Lipinski definition) is 6. The van der Waals surface area contributed by atoms with E-state index >= 15 is 0 Å². The monoisotopic (exact) mass is 354 g/mol. The minimum Gasteiger partial charge on any atom is -0.493 e. The van der Waals surface area contributed by atoms with Gasteiger partial charge in [0.1, 0.15) is 5.82 Å². The van der Waals surface area contributed by atoms with Crippen LogP contribution in [0.5, 0.6) is 17.4 Å². The van der Waals surface area contributed by atoms with Gasteiger partial charge in [0.05, 0.1) is 20.8 Å². The molecule has 1 aliphatic rings. The molecule has 3 aromatic rings. The molecule has 2 heterocycles. The quantitative estimate of drug-likeness (QED) is 0.671. The maximum absolute atomic E-state index is 6.02. The molecule has 1 saturated carbocycles. The van der Waals surface area contributed by atoms with Crippen molar-refractivity contribution in [2.24, 2.45) is 5.92 Å². The topological polar surface area (TPSA) is 81.3 Å². The van der Waals surface area contributed by atoms with Crippen LogP contribution in [0.25, 0.3) is 10.8 Å². The van der Waals surface area contributed by atoms with Gasteiger partial charge < -0.3 is 19.5 Å². The molecule has 0 bridgehead atoms. The molecule has 2 N–H and O–H groups in total. The highest BCUT2D eigenvalue weighted by atomic mass is 16.5. The van der Waals surface area contributed by atoms with E-state index < -0.39 is 0 Å². The molecule has 0 atom stereocenters. The first-order valence-electron chi connectivity index (χ1n) is 8.65. The Labute approximate surface area is 151 Å². The molecule has 0 radical (unpaired) electrons. The second-order valence-corrected chi connectivity index (χ2v) is 6.56. The Morgan fingerprint density at radius 2 is 1.85 bits per heavy atom. The lowest BCUT2D eigenvalue weighted by Gasteiger charge is -2.14. The SMILES string of the molecule is COc1cc2cc(Nc3cc(C)[nH]n3)nc(OCC3CC3)c2cc1OC. The average Bonchev–Trinajstić information content (AvgIpc) is 3.39. The summed E-state index contributed by atoms with van der Waals surface area (Å²) >= 11 is 0. The van der Waals surface area contributed by atoms with Crippen molar-refractivity contribution in [1.29, 1.82) is 0 Å². The first-order valence-corrected chi connectivity index (χ1v) is 8.65. The second kappa shape index (κ2) is 6.74. The van der Waals surface area contributed by atoms with Crippen LogP contribution in [0.3, 0.4) is 0 Å². The fourth-order valence-corrected chi connectivity index (χ4v) is 2.82. The van der Waals surface area contributed by atoms with Crippen LogP contribution < -0.4 is 19.5 Å². The fourth-order valence-electron chi connectivity index (χ4n) is 2.82. The number of H-pyrrole nitrogens is 1. The van der Waals surface area contributed by atoms with Crippen molar-refractivity contribution in [3.8, 4) is 17.4 Å². The number of ether oxygens (including phenoxy) is 3. The van der Waals surface area contributed by atoms with Crippen LogP contribution in [0.2, 0.25) is 0 Å². The van der Waals surface area contributed by atoms with E-state index in [1.165, 1.54) is 12.8 Å². The number of aromatic nitrogens is 3. The van der Waals surface area contributed by atoms with Gasteiger partial charge in [-0.2, -0.15) is 10.1 Å². The van der Waals surface area contributed by atoms with Gasteiger partial charge in [-0.25, -0.2) is 0 Å². The molecule has 0 spiro atoms. The van der Waals surface area contributed by atoms with E-state index in [0.717, 1.165) is 16.5 Å². The fraction of sp³-hybridized carbons (Fsp3) is 0.368. The third kappa shape index (κ3) is 3.37. The maximum Gasteiger partial charge on any atom is 0.223 e. The number of nitrogens with zero attached hydrogens (tertiary/aromatic N) is 2. The summed E-state index contributed by atoms with van der Waals surface area (Å²) in [6.45, 7) is 2.63. The van der Waals surface area contributed by atoms with Crippen LogP contribution in [0.4, 0.5) is 11.6 Å². The first-order chi connectivity index (χ1) is 12.7. The Balaban J connectivity index is 1.76. The molecule has 1 aromatic carbocycles. The van der Waals surface area contributed by atoms with Gasteiger partial charge in [0.15, 0.2) is 17.3 Å². The summed E-state index contributed by atoms with van der Waals surface area (Å²) in [5, 5.41) is 12.2. The summed E-state index contributed by atoms with van der Waals surface area (Å²) in [7, 11) is 3.25. The lowest BCUT2D eigenvalue weighted by molar-refractivity contribution is 0.292. The number of nitrogens with one attached hydrogen (secondary N) is 2. The molecule has 0 saturated heterocycles. The number of hydrogen-bond donors (Lipinski definition) is 2. The van der Waals surface area contributed by atoms with E-state index in [-0.39, 0.29) is 0 Å². The number of aryl methyl sites for hydroxylation is 1. The van der Waals surface area contributed by atoms with E-state index in [2.05, 4.69) is 20.5 Å².